The molecular formula is C13H18F2O4. The molecule has 1 aromatic carbocycles. The van der Waals surface area contributed by atoms with Gasteiger partial charge in [-0.2, -0.15) is 8.78 Å². The summed E-state index contributed by atoms with van der Waals surface area (Å²) in [7, 11) is 1.35. The Labute approximate surface area is 110 Å². The van der Waals surface area contributed by atoms with E-state index in [4.69, 9.17) is 9.47 Å². The van der Waals surface area contributed by atoms with Gasteiger partial charge >= 0.3 is 6.61 Å². The van der Waals surface area contributed by atoms with Crippen molar-refractivity contribution in [1.29, 1.82) is 0 Å². The Hall–Kier alpha value is -1.40. The second-order valence-corrected chi connectivity index (χ2v) is 4.19. The van der Waals surface area contributed by atoms with Crippen molar-refractivity contribution < 1.29 is 28.1 Å². The fourth-order valence-corrected chi connectivity index (χ4v) is 1.47. The predicted octanol–water partition coefficient (Wildman–Crippen LogP) is 2.76. The molecule has 0 amide bonds. The summed E-state index contributed by atoms with van der Waals surface area (Å²) < 4.78 is 39.0. The Morgan fingerprint density at radius 1 is 1.21 bits per heavy atom. The normalized spacial score (nSPS) is 12.8. The van der Waals surface area contributed by atoms with E-state index in [1.54, 1.807) is 6.07 Å². The van der Waals surface area contributed by atoms with Crippen molar-refractivity contribution in [2.24, 2.45) is 0 Å². The van der Waals surface area contributed by atoms with Crippen molar-refractivity contribution in [3.8, 4) is 11.5 Å². The number of rotatable bonds is 7. The van der Waals surface area contributed by atoms with Crippen LogP contribution in [0.5, 0.6) is 11.5 Å². The van der Waals surface area contributed by atoms with E-state index in [2.05, 4.69) is 4.74 Å². The summed E-state index contributed by atoms with van der Waals surface area (Å²) in [5, 5.41) is 9.88. The highest BCUT2D eigenvalue weighted by Gasteiger charge is 2.15. The zero-order valence-electron chi connectivity index (χ0n) is 11.1. The first-order valence-corrected chi connectivity index (χ1v) is 5.86. The number of aliphatic hydroxyl groups excluding tert-OH is 1. The van der Waals surface area contributed by atoms with Gasteiger partial charge in [0.05, 0.1) is 19.8 Å². The molecule has 0 aliphatic heterocycles. The van der Waals surface area contributed by atoms with Crippen LogP contribution in [0.2, 0.25) is 0 Å². The zero-order valence-corrected chi connectivity index (χ0v) is 11.1. The molecule has 0 aliphatic rings. The van der Waals surface area contributed by atoms with E-state index in [0.717, 1.165) is 0 Å². The van der Waals surface area contributed by atoms with Gasteiger partial charge in [-0.05, 0) is 31.5 Å². The van der Waals surface area contributed by atoms with Crippen molar-refractivity contribution in [1.82, 2.24) is 0 Å². The van der Waals surface area contributed by atoms with Gasteiger partial charge in [-0.25, -0.2) is 0 Å². The summed E-state index contributed by atoms with van der Waals surface area (Å²) in [6.45, 7) is 0.809. The van der Waals surface area contributed by atoms with Crippen LogP contribution < -0.4 is 9.47 Å². The van der Waals surface area contributed by atoms with E-state index < -0.39 is 12.7 Å². The Morgan fingerprint density at radius 2 is 1.89 bits per heavy atom. The molecule has 1 aromatic rings. The van der Waals surface area contributed by atoms with E-state index in [0.29, 0.717) is 5.56 Å². The topological polar surface area (TPSA) is 47.9 Å². The second kappa shape index (κ2) is 7.25. The Morgan fingerprint density at radius 3 is 2.42 bits per heavy atom. The minimum atomic E-state index is -2.95. The standard InChI is InChI=1S/C13H18F2O4/c1-8(2)18-7-10(16)9-4-5-11(17-3)12(6-9)19-13(14)15/h4-6,8,10,13,16H,7H2,1-3H3. The highest BCUT2D eigenvalue weighted by molar-refractivity contribution is 5.43. The number of ether oxygens (including phenoxy) is 3. The molecular weight excluding hydrogens is 258 g/mol. The minimum absolute atomic E-state index is 0.0234. The van der Waals surface area contributed by atoms with Gasteiger partial charge < -0.3 is 19.3 Å². The zero-order chi connectivity index (χ0) is 14.4. The molecule has 0 aliphatic carbocycles. The number of halogens is 2. The van der Waals surface area contributed by atoms with E-state index >= 15 is 0 Å². The van der Waals surface area contributed by atoms with Gasteiger partial charge in [-0.3, -0.25) is 0 Å². The molecule has 0 radical (unpaired) electrons. The van der Waals surface area contributed by atoms with E-state index in [1.807, 2.05) is 13.8 Å². The number of benzene rings is 1. The maximum absolute atomic E-state index is 12.3. The molecule has 0 spiro atoms. The molecule has 0 heterocycles. The fraction of sp³-hybridized carbons (Fsp3) is 0.538. The summed E-state index contributed by atoms with van der Waals surface area (Å²) in [6, 6.07) is 4.36. The fourth-order valence-electron chi connectivity index (χ4n) is 1.47. The highest BCUT2D eigenvalue weighted by atomic mass is 19.3. The van der Waals surface area contributed by atoms with E-state index in [-0.39, 0.29) is 24.2 Å². The van der Waals surface area contributed by atoms with Crippen molar-refractivity contribution >= 4 is 0 Å². The van der Waals surface area contributed by atoms with Crippen LogP contribution in [0.1, 0.15) is 25.5 Å². The van der Waals surface area contributed by atoms with E-state index in [1.165, 1.54) is 19.2 Å². The third-order valence-electron chi connectivity index (χ3n) is 2.38. The second-order valence-electron chi connectivity index (χ2n) is 4.19. The lowest BCUT2D eigenvalue weighted by Gasteiger charge is -2.16. The molecule has 1 atom stereocenters. The number of methoxy groups -OCH3 is 1. The van der Waals surface area contributed by atoms with Crippen LogP contribution in [0, 0.1) is 0 Å². The van der Waals surface area contributed by atoms with Gasteiger partial charge in [0.15, 0.2) is 11.5 Å². The summed E-state index contributed by atoms with van der Waals surface area (Å²) in [5.74, 6) is 0.0691. The van der Waals surface area contributed by atoms with Crippen LogP contribution in [0.25, 0.3) is 0 Å². The Balaban J connectivity index is 2.84. The molecule has 0 saturated heterocycles. The van der Waals surface area contributed by atoms with Crippen LogP contribution in [0.4, 0.5) is 8.78 Å². The first-order valence-electron chi connectivity index (χ1n) is 5.86. The highest BCUT2D eigenvalue weighted by Crippen LogP contribution is 2.31. The monoisotopic (exact) mass is 276 g/mol. The van der Waals surface area contributed by atoms with Crippen LogP contribution >= 0.6 is 0 Å². The molecule has 1 rings (SSSR count). The SMILES string of the molecule is COc1ccc(C(O)COC(C)C)cc1OC(F)F. The van der Waals surface area contributed by atoms with Gasteiger partial charge in [-0.1, -0.05) is 6.07 Å². The van der Waals surface area contributed by atoms with Gasteiger partial charge in [0.2, 0.25) is 0 Å². The maximum Gasteiger partial charge on any atom is 0.387 e. The smallest absolute Gasteiger partial charge is 0.387 e. The van der Waals surface area contributed by atoms with E-state index in [9.17, 15) is 13.9 Å². The van der Waals surface area contributed by atoms with Gasteiger partial charge in [-0.15, -0.1) is 0 Å². The molecule has 6 heteroatoms. The summed E-state index contributed by atoms with van der Waals surface area (Å²) in [5.41, 5.74) is 0.428. The Kier molecular flexibility index (Phi) is 5.98. The molecule has 0 fully saturated rings. The molecule has 0 bridgehead atoms. The largest absolute Gasteiger partial charge is 0.493 e. The van der Waals surface area contributed by atoms with Gasteiger partial charge in [0.25, 0.3) is 0 Å². The molecule has 0 aromatic heterocycles. The Bertz CT molecular complexity index is 396. The molecule has 1 unspecified atom stereocenters. The molecule has 108 valence electrons. The third-order valence-corrected chi connectivity index (χ3v) is 2.38. The lowest BCUT2D eigenvalue weighted by Crippen LogP contribution is -2.12. The number of aliphatic hydroxyl groups is 1. The maximum atomic E-state index is 12.3. The quantitative estimate of drug-likeness (QED) is 0.832. The molecule has 19 heavy (non-hydrogen) atoms. The van der Waals surface area contributed by atoms with Crippen molar-refractivity contribution in [2.75, 3.05) is 13.7 Å². The first kappa shape index (κ1) is 15.7. The molecule has 0 saturated carbocycles. The number of hydrogen-bond acceptors (Lipinski definition) is 4. The van der Waals surface area contributed by atoms with Gasteiger partial charge in [0.1, 0.15) is 6.10 Å². The first-order chi connectivity index (χ1) is 8.93. The summed E-state index contributed by atoms with van der Waals surface area (Å²) >= 11 is 0. The minimum Gasteiger partial charge on any atom is -0.493 e. The van der Waals surface area contributed by atoms with Crippen molar-refractivity contribution in [3.05, 3.63) is 23.8 Å². The number of hydrogen-bond donors (Lipinski definition) is 1. The summed E-state index contributed by atoms with van der Waals surface area (Å²) in [4.78, 5) is 0. The lowest BCUT2D eigenvalue weighted by atomic mass is 10.1. The number of alkyl halides is 2. The average molecular weight is 276 g/mol. The average Bonchev–Trinajstić information content (AvgIpc) is 2.35. The third kappa shape index (κ3) is 5.00. The van der Waals surface area contributed by atoms with Crippen molar-refractivity contribution in [3.63, 3.8) is 0 Å². The predicted molar refractivity (Wildman–Crippen MR) is 65.7 cm³/mol. The van der Waals surface area contributed by atoms with Gasteiger partial charge in [0, 0.05) is 0 Å². The van der Waals surface area contributed by atoms with Crippen LogP contribution in [0.3, 0.4) is 0 Å². The summed E-state index contributed by atoms with van der Waals surface area (Å²) in [6.07, 6.45) is -0.932. The van der Waals surface area contributed by atoms with Crippen LogP contribution in [-0.4, -0.2) is 31.5 Å². The van der Waals surface area contributed by atoms with Crippen LogP contribution in [0.15, 0.2) is 18.2 Å². The molecule has 4 nitrogen and oxygen atoms in total. The van der Waals surface area contributed by atoms with Crippen LogP contribution in [-0.2, 0) is 4.74 Å². The van der Waals surface area contributed by atoms with Crippen molar-refractivity contribution in [2.45, 2.75) is 32.7 Å². The molecule has 1 N–H and O–H groups in total. The lowest BCUT2D eigenvalue weighted by molar-refractivity contribution is -0.0515.